The highest BCUT2D eigenvalue weighted by Crippen LogP contribution is 2.25. The summed E-state index contributed by atoms with van der Waals surface area (Å²) in [4.78, 5) is 24.9. The van der Waals surface area contributed by atoms with E-state index in [-0.39, 0.29) is 18.2 Å². The predicted molar refractivity (Wildman–Crippen MR) is 116 cm³/mol. The number of nitrogens with zero attached hydrogens (tertiary/aromatic N) is 1. The predicted octanol–water partition coefficient (Wildman–Crippen LogP) is 4.29. The fraction of sp³-hybridized carbons (Fsp3) is 0.174. The second kappa shape index (κ2) is 9.01. The van der Waals surface area contributed by atoms with E-state index in [9.17, 15) is 9.59 Å². The van der Waals surface area contributed by atoms with Gasteiger partial charge < -0.3 is 10.1 Å². The molecule has 6 nitrogen and oxygen atoms in total. The van der Waals surface area contributed by atoms with Crippen molar-refractivity contribution in [3.63, 3.8) is 0 Å². The van der Waals surface area contributed by atoms with Crippen molar-refractivity contribution >= 4 is 34.0 Å². The average Bonchev–Trinajstić information content (AvgIpc) is 2.71. The monoisotopic (exact) mass is 389 g/mol. The van der Waals surface area contributed by atoms with Crippen LogP contribution in [0.5, 0.6) is 5.75 Å². The molecule has 0 radical (unpaired) electrons. The van der Waals surface area contributed by atoms with Crippen molar-refractivity contribution < 1.29 is 14.3 Å². The van der Waals surface area contributed by atoms with E-state index in [1.807, 2.05) is 55.5 Å². The first-order valence-corrected chi connectivity index (χ1v) is 9.23. The Bertz CT molecular complexity index is 1080. The van der Waals surface area contributed by atoms with E-state index in [1.54, 1.807) is 26.2 Å². The zero-order chi connectivity index (χ0) is 20.8. The van der Waals surface area contributed by atoms with Gasteiger partial charge in [-0.25, -0.2) is 5.43 Å². The molecule has 0 aliphatic heterocycles. The molecule has 0 atom stereocenters. The number of fused-ring (bicyclic) bond motifs is 1. The van der Waals surface area contributed by atoms with Gasteiger partial charge in [0.25, 0.3) is 5.91 Å². The first kappa shape index (κ1) is 20.1. The Hall–Kier alpha value is -3.67. The van der Waals surface area contributed by atoms with E-state index in [0.717, 1.165) is 16.3 Å². The molecule has 2 amide bonds. The first-order valence-electron chi connectivity index (χ1n) is 9.23. The Morgan fingerprint density at radius 1 is 1.03 bits per heavy atom. The molecule has 148 valence electrons. The smallest absolute Gasteiger partial charge is 0.271 e. The summed E-state index contributed by atoms with van der Waals surface area (Å²) in [5, 5.41) is 8.72. The quantitative estimate of drug-likeness (QED) is 0.487. The highest BCUT2D eigenvalue weighted by atomic mass is 16.5. The molecule has 0 fully saturated rings. The fourth-order valence-electron chi connectivity index (χ4n) is 3.02. The summed E-state index contributed by atoms with van der Waals surface area (Å²) < 4.78 is 5.27. The number of hydrogen-bond donors (Lipinski definition) is 2. The van der Waals surface area contributed by atoms with Gasteiger partial charge in [0, 0.05) is 11.3 Å². The molecule has 29 heavy (non-hydrogen) atoms. The standard InChI is InChI=1S/C23H23N3O3/c1-15-11-12-21(29-3)20(13-15)24-22(27)14-16(2)25-26-23(28)19-10-6-8-17-7-4-5-9-18(17)19/h4-13H,14H2,1-3H3,(H,24,27)(H,26,28). The minimum absolute atomic E-state index is 0.0485. The minimum Gasteiger partial charge on any atom is -0.495 e. The minimum atomic E-state index is -0.318. The molecule has 3 aromatic carbocycles. The highest BCUT2D eigenvalue weighted by molar-refractivity contribution is 6.09. The van der Waals surface area contributed by atoms with Gasteiger partial charge in [0.1, 0.15) is 5.75 Å². The van der Waals surface area contributed by atoms with E-state index in [4.69, 9.17) is 4.74 Å². The SMILES string of the molecule is COc1ccc(C)cc1NC(=O)CC(C)=NNC(=O)c1cccc2ccccc12. The summed E-state index contributed by atoms with van der Waals surface area (Å²) in [5.74, 6) is 0.0271. The van der Waals surface area contributed by atoms with E-state index >= 15 is 0 Å². The number of anilines is 1. The molecule has 0 spiro atoms. The van der Waals surface area contributed by atoms with Crippen LogP contribution in [0.2, 0.25) is 0 Å². The van der Waals surface area contributed by atoms with Crippen LogP contribution in [-0.2, 0) is 4.79 Å². The van der Waals surface area contributed by atoms with Gasteiger partial charge in [-0.15, -0.1) is 0 Å². The molecule has 6 heteroatoms. The molecule has 0 heterocycles. The van der Waals surface area contributed by atoms with Crippen LogP contribution < -0.4 is 15.5 Å². The number of hydrazone groups is 1. The zero-order valence-corrected chi connectivity index (χ0v) is 16.7. The maximum Gasteiger partial charge on any atom is 0.271 e. The molecule has 3 rings (SSSR count). The molecule has 0 saturated heterocycles. The van der Waals surface area contributed by atoms with Gasteiger partial charge in [-0.1, -0.05) is 42.5 Å². The van der Waals surface area contributed by atoms with Crippen LogP contribution in [-0.4, -0.2) is 24.6 Å². The molecule has 2 N–H and O–H groups in total. The highest BCUT2D eigenvalue weighted by Gasteiger charge is 2.11. The van der Waals surface area contributed by atoms with Gasteiger partial charge in [-0.3, -0.25) is 9.59 Å². The average molecular weight is 389 g/mol. The Morgan fingerprint density at radius 3 is 2.59 bits per heavy atom. The third-order valence-electron chi connectivity index (χ3n) is 4.43. The van der Waals surface area contributed by atoms with Crippen molar-refractivity contribution in [2.75, 3.05) is 12.4 Å². The molecule has 3 aromatic rings. The maximum atomic E-state index is 12.5. The van der Waals surface area contributed by atoms with Crippen molar-refractivity contribution in [1.29, 1.82) is 0 Å². The Morgan fingerprint density at radius 2 is 1.79 bits per heavy atom. The molecule has 0 bridgehead atoms. The lowest BCUT2D eigenvalue weighted by Crippen LogP contribution is -2.21. The lowest BCUT2D eigenvalue weighted by molar-refractivity contribution is -0.115. The number of carbonyl (C=O) groups excluding carboxylic acids is 2. The second-order valence-corrected chi connectivity index (χ2v) is 6.74. The first-order chi connectivity index (χ1) is 14.0. The molecule has 0 unspecified atom stereocenters. The van der Waals surface area contributed by atoms with Crippen molar-refractivity contribution in [1.82, 2.24) is 5.43 Å². The van der Waals surface area contributed by atoms with Gasteiger partial charge in [-0.2, -0.15) is 5.10 Å². The van der Waals surface area contributed by atoms with E-state index in [0.29, 0.717) is 22.7 Å². The van der Waals surface area contributed by atoms with Crippen LogP contribution in [0, 0.1) is 6.92 Å². The number of hydrogen-bond acceptors (Lipinski definition) is 4. The normalized spacial score (nSPS) is 11.2. The van der Waals surface area contributed by atoms with Gasteiger partial charge in [0.05, 0.1) is 19.2 Å². The van der Waals surface area contributed by atoms with Crippen LogP contribution >= 0.6 is 0 Å². The molecule has 0 aromatic heterocycles. The Kier molecular flexibility index (Phi) is 6.24. The summed E-state index contributed by atoms with van der Waals surface area (Å²) in [6.07, 6.45) is 0.0485. The van der Waals surface area contributed by atoms with Crippen LogP contribution in [0.15, 0.2) is 65.8 Å². The molecule has 0 aliphatic rings. The number of aryl methyl sites for hydroxylation is 1. The van der Waals surface area contributed by atoms with E-state index < -0.39 is 0 Å². The number of rotatable bonds is 6. The van der Waals surface area contributed by atoms with Gasteiger partial charge >= 0.3 is 0 Å². The largest absolute Gasteiger partial charge is 0.495 e. The number of nitrogens with one attached hydrogen (secondary N) is 2. The van der Waals surface area contributed by atoms with Crippen LogP contribution in [0.4, 0.5) is 5.69 Å². The summed E-state index contributed by atoms with van der Waals surface area (Å²) in [5.41, 5.74) is 5.17. The lowest BCUT2D eigenvalue weighted by Gasteiger charge is -2.11. The van der Waals surface area contributed by atoms with Gasteiger partial charge in [0.15, 0.2) is 0 Å². The maximum absolute atomic E-state index is 12.5. The Balaban J connectivity index is 1.65. The van der Waals surface area contributed by atoms with Gasteiger partial charge in [0.2, 0.25) is 5.91 Å². The Labute approximate surface area is 169 Å². The fourth-order valence-corrected chi connectivity index (χ4v) is 3.02. The topological polar surface area (TPSA) is 79.8 Å². The molecule has 0 aliphatic carbocycles. The third-order valence-corrected chi connectivity index (χ3v) is 4.43. The number of methoxy groups -OCH3 is 1. The summed E-state index contributed by atoms with van der Waals surface area (Å²) in [6, 6.07) is 18.7. The van der Waals surface area contributed by atoms with Crippen molar-refractivity contribution in [3.8, 4) is 5.75 Å². The lowest BCUT2D eigenvalue weighted by atomic mass is 10.0. The second-order valence-electron chi connectivity index (χ2n) is 6.74. The number of benzene rings is 3. The summed E-state index contributed by atoms with van der Waals surface area (Å²) in [7, 11) is 1.55. The molecular formula is C23H23N3O3. The molecule has 0 saturated carbocycles. The van der Waals surface area contributed by atoms with Crippen LogP contribution in [0.25, 0.3) is 10.8 Å². The summed E-state index contributed by atoms with van der Waals surface area (Å²) >= 11 is 0. The number of ether oxygens (including phenoxy) is 1. The summed E-state index contributed by atoms with van der Waals surface area (Å²) in [6.45, 7) is 3.63. The van der Waals surface area contributed by atoms with Gasteiger partial charge in [-0.05, 0) is 48.4 Å². The van der Waals surface area contributed by atoms with Crippen molar-refractivity contribution in [2.24, 2.45) is 5.10 Å². The number of carbonyl (C=O) groups is 2. The third kappa shape index (κ3) is 4.99. The van der Waals surface area contributed by atoms with Crippen LogP contribution in [0.1, 0.15) is 29.3 Å². The van der Waals surface area contributed by atoms with Crippen LogP contribution in [0.3, 0.4) is 0 Å². The van der Waals surface area contributed by atoms with Crippen molar-refractivity contribution in [3.05, 3.63) is 71.8 Å². The zero-order valence-electron chi connectivity index (χ0n) is 16.7. The van der Waals surface area contributed by atoms with E-state index in [1.165, 1.54) is 0 Å². The van der Waals surface area contributed by atoms with Crippen molar-refractivity contribution in [2.45, 2.75) is 20.3 Å². The number of amides is 2. The molecular weight excluding hydrogens is 366 g/mol. The van der Waals surface area contributed by atoms with E-state index in [2.05, 4.69) is 15.8 Å².